The molecule has 10 nitrogen and oxygen atoms in total. The van der Waals surface area contributed by atoms with Crippen LogP contribution in [-0.4, -0.2) is 77.1 Å². The summed E-state index contributed by atoms with van der Waals surface area (Å²) < 4.78 is 40.3. The molecule has 0 spiro atoms. The van der Waals surface area contributed by atoms with Crippen molar-refractivity contribution in [2.45, 2.75) is 57.3 Å². The Morgan fingerprint density at radius 2 is 1.55 bits per heavy atom. The van der Waals surface area contributed by atoms with Crippen LogP contribution in [0.5, 0.6) is 0 Å². The number of aromatic nitrogens is 1. The van der Waals surface area contributed by atoms with Crippen molar-refractivity contribution in [3.05, 3.63) is 71.4 Å². The summed E-state index contributed by atoms with van der Waals surface area (Å²) in [5, 5.41) is 16.4. The second-order valence-electron chi connectivity index (χ2n) is 10.6. The molecule has 3 amide bonds. The number of alkyl halides is 3. The van der Waals surface area contributed by atoms with Gasteiger partial charge in [-0.3, -0.25) is 24.6 Å². The van der Waals surface area contributed by atoms with Crippen molar-refractivity contribution in [3.8, 4) is 0 Å². The van der Waals surface area contributed by atoms with Gasteiger partial charge in [0.15, 0.2) is 0 Å². The summed E-state index contributed by atoms with van der Waals surface area (Å²) in [4.78, 5) is 55.3. The van der Waals surface area contributed by atoms with Crippen LogP contribution in [0.25, 0.3) is 10.9 Å². The van der Waals surface area contributed by atoms with Gasteiger partial charge in [-0.25, -0.2) is 0 Å². The number of aromatic amines is 1. The molecule has 2 heterocycles. The van der Waals surface area contributed by atoms with Crippen molar-refractivity contribution >= 4 is 40.2 Å². The normalized spacial score (nSPS) is 14.6. The minimum Gasteiger partial charge on any atom is -0.361 e. The zero-order valence-corrected chi connectivity index (χ0v) is 24.2. The van der Waals surface area contributed by atoms with Crippen LogP contribution in [0.2, 0.25) is 0 Å². The number of hydrogen-bond donors (Lipinski definition) is 5. The number of nitrogens with zero attached hydrogens (tertiary/aromatic N) is 1. The molecule has 234 valence electrons. The molecule has 3 aromatic rings. The minimum absolute atomic E-state index is 0.0152. The third-order valence-electron chi connectivity index (χ3n) is 7.54. The second-order valence-corrected chi connectivity index (χ2v) is 10.6. The first-order chi connectivity index (χ1) is 21.0. The fourth-order valence-electron chi connectivity index (χ4n) is 5.23. The molecular formula is C31H35F3N6O4. The summed E-state index contributed by atoms with van der Waals surface area (Å²) in [7, 11) is 0. The average molecular weight is 613 g/mol. The van der Waals surface area contributed by atoms with Crippen LogP contribution in [0.15, 0.2) is 54.7 Å². The summed E-state index contributed by atoms with van der Waals surface area (Å²) >= 11 is 0. The number of rotatable bonds is 12. The fraction of sp³-hybridized carbons (Fsp3) is 0.387. The molecule has 1 fully saturated rings. The topological polar surface area (TPSA) is 147 Å². The zero-order chi connectivity index (χ0) is 31.9. The summed E-state index contributed by atoms with van der Waals surface area (Å²) in [6.45, 7) is 2.38. The van der Waals surface area contributed by atoms with Gasteiger partial charge in [0, 0.05) is 55.0 Å². The van der Waals surface area contributed by atoms with Gasteiger partial charge in [0.2, 0.25) is 17.7 Å². The number of halogens is 3. The van der Waals surface area contributed by atoms with Crippen molar-refractivity contribution in [3.63, 3.8) is 0 Å². The largest absolute Gasteiger partial charge is 0.452 e. The predicted octanol–water partition coefficient (Wildman–Crippen LogP) is 3.00. The number of likely N-dealkylation sites (tertiary alicyclic amines) is 1. The Morgan fingerprint density at radius 1 is 0.909 bits per heavy atom. The second kappa shape index (κ2) is 14.2. The molecule has 2 unspecified atom stereocenters. The summed E-state index contributed by atoms with van der Waals surface area (Å²) in [6.07, 6.45) is -2.08. The monoisotopic (exact) mass is 612 g/mol. The Hall–Kier alpha value is -4.68. The van der Waals surface area contributed by atoms with E-state index in [9.17, 15) is 32.3 Å². The number of nitrogens with one attached hydrogen (secondary N) is 5. The first-order valence-electron chi connectivity index (χ1n) is 14.4. The van der Waals surface area contributed by atoms with Crippen LogP contribution >= 0.6 is 0 Å². The van der Waals surface area contributed by atoms with Gasteiger partial charge < -0.3 is 25.8 Å². The molecular weight excluding hydrogens is 577 g/mol. The Morgan fingerprint density at radius 3 is 2.25 bits per heavy atom. The molecule has 13 heteroatoms. The van der Waals surface area contributed by atoms with Crippen LogP contribution in [0.1, 0.15) is 42.9 Å². The number of ketones is 1. The van der Waals surface area contributed by atoms with Gasteiger partial charge >= 0.3 is 6.18 Å². The minimum atomic E-state index is -5.20. The Balaban J connectivity index is 1.45. The number of amides is 3. The number of benzene rings is 2. The Bertz CT molecular complexity index is 1530. The van der Waals surface area contributed by atoms with Gasteiger partial charge in [-0.05, 0) is 30.0 Å². The van der Waals surface area contributed by atoms with Crippen LogP contribution in [0.4, 0.5) is 13.2 Å². The van der Waals surface area contributed by atoms with Crippen molar-refractivity contribution in [1.82, 2.24) is 25.8 Å². The quantitative estimate of drug-likeness (QED) is 0.158. The maximum Gasteiger partial charge on any atom is 0.452 e. The van der Waals surface area contributed by atoms with Gasteiger partial charge in [-0.2, -0.15) is 13.2 Å². The number of amidine groups is 1. The lowest BCUT2D eigenvalue weighted by Gasteiger charge is -2.23. The van der Waals surface area contributed by atoms with Crippen molar-refractivity contribution in [2.75, 3.05) is 19.6 Å². The number of carbonyl (C=O) groups excluding carboxylic acids is 4. The molecule has 0 radical (unpaired) electrons. The van der Waals surface area contributed by atoms with Gasteiger partial charge in [-0.1, -0.05) is 49.4 Å². The van der Waals surface area contributed by atoms with Gasteiger partial charge in [0.1, 0.15) is 17.9 Å². The number of fused-ring (bicyclic) bond motifs is 1. The molecule has 4 rings (SSSR count). The highest BCUT2D eigenvalue weighted by Crippen LogP contribution is 2.24. The van der Waals surface area contributed by atoms with Crippen molar-refractivity contribution < 1.29 is 32.3 Å². The Labute approximate surface area is 252 Å². The highest BCUT2D eigenvalue weighted by atomic mass is 19.4. The van der Waals surface area contributed by atoms with E-state index in [4.69, 9.17) is 5.41 Å². The molecule has 1 saturated heterocycles. The molecule has 0 aliphatic carbocycles. The maximum atomic E-state index is 13.4. The molecule has 44 heavy (non-hydrogen) atoms. The van der Waals surface area contributed by atoms with Crippen molar-refractivity contribution in [2.24, 2.45) is 0 Å². The van der Waals surface area contributed by atoms with Crippen molar-refractivity contribution in [1.29, 1.82) is 5.41 Å². The lowest BCUT2D eigenvalue weighted by molar-refractivity contribution is -0.173. The SMILES string of the molecule is CCC(=O)NC(Cc1ccccc1C(=N)N1CCCC1)C(=O)NCC(=O)NC(Cc1c[nH]c2ccccc12)C(=O)C(F)(F)F. The molecule has 5 N–H and O–H groups in total. The Kier molecular flexibility index (Phi) is 10.4. The van der Waals surface area contributed by atoms with E-state index in [2.05, 4.69) is 20.9 Å². The summed E-state index contributed by atoms with van der Waals surface area (Å²) in [5.74, 6) is -3.96. The van der Waals surface area contributed by atoms with Gasteiger partial charge in [0.25, 0.3) is 5.78 Å². The number of para-hydroxylation sites is 1. The van der Waals surface area contributed by atoms with E-state index in [1.807, 2.05) is 4.90 Å². The molecule has 2 atom stereocenters. The third kappa shape index (κ3) is 8.03. The fourth-order valence-corrected chi connectivity index (χ4v) is 5.23. The third-order valence-corrected chi connectivity index (χ3v) is 7.54. The van der Waals surface area contributed by atoms with Crippen LogP contribution in [0.3, 0.4) is 0 Å². The summed E-state index contributed by atoms with van der Waals surface area (Å²) in [5.41, 5.74) is 2.33. The van der Waals surface area contributed by atoms with E-state index in [0.29, 0.717) is 33.4 Å². The number of Topliss-reactive ketones (excluding diaryl/α,β-unsaturated/α-hetero) is 1. The van der Waals surface area contributed by atoms with Crippen LogP contribution in [0, 0.1) is 5.41 Å². The number of H-pyrrole nitrogens is 1. The zero-order valence-electron chi connectivity index (χ0n) is 24.2. The summed E-state index contributed by atoms with van der Waals surface area (Å²) in [6, 6.07) is 10.9. The lowest BCUT2D eigenvalue weighted by atomic mass is 9.98. The number of hydrogen-bond acceptors (Lipinski definition) is 5. The molecule has 0 bridgehead atoms. The van der Waals surface area contributed by atoms with Gasteiger partial charge in [-0.15, -0.1) is 0 Å². The first-order valence-corrected chi connectivity index (χ1v) is 14.4. The van der Waals surface area contributed by atoms with Gasteiger partial charge in [0.05, 0.1) is 6.54 Å². The van der Waals surface area contributed by atoms with Crippen LogP contribution < -0.4 is 16.0 Å². The van der Waals surface area contributed by atoms with E-state index in [0.717, 1.165) is 25.9 Å². The van der Waals surface area contributed by atoms with E-state index in [1.54, 1.807) is 55.5 Å². The smallest absolute Gasteiger partial charge is 0.361 e. The van der Waals surface area contributed by atoms with Crippen LogP contribution in [-0.2, 0) is 32.0 Å². The maximum absolute atomic E-state index is 13.4. The van der Waals surface area contributed by atoms with E-state index < -0.39 is 54.7 Å². The highest BCUT2D eigenvalue weighted by molar-refractivity contribution is 5.99. The molecule has 2 aromatic carbocycles. The molecule has 1 aromatic heterocycles. The molecule has 1 aliphatic heterocycles. The molecule has 0 saturated carbocycles. The number of carbonyl (C=O) groups is 4. The first kappa shape index (κ1) is 32.2. The average Bonchev–Trinajstić information content (AvgIpc) is 3.69. The predicted molar refractivity (Wildman–Crippen MR) is 158 cm³/mol. The molecule has 1 aliphatic rings. The van der Waals surface area contributed by atoms with E-state index in [1.165, 1.54) is 6.20 Å². The lowest BCUT2D eigenvalue weighted by Crippen LogP contribution is -2.53. The van der Waals surface area contributed by atoms with E-state index in [-0.39, 0.29) is 12.8 Å². The standard InChI is InChI=1S/C31H35F3N6O4/c1-2-26(41)39-25(15-19-9-3-4-11-22(19)29(35)40-13-7-8-14-40)30(44)37-18-27(42)38-24(28(43)31(32,33)34)16-20-17-36-23-12-6-5-10-21(20)23/h3-6,9-12,17,24-25,35-36H,2,7-8,13-16,18H2,1H3,(H,37,44)(H,38,42)(H,39,41). The highest BCUT2D eigenvalue weighted by Gasteiger charge is 2.44. The van der Waals surface area contributed by atoms with E-state index >= 15 is 0 Å².